The van der Waals surface area contributed by atoms with Gasteiger partial charge in [0.2, 0.25) is 0 Å². The van der Waals surface area contributed by atoms with Crippen LogP contribution in [0.1, 0.15) is 17.1 Å². The maximum atomic E-state index is 12.2. The van der Waals surface area contributed by atoms with Crippen LogP contribution in [0, 0.1) is 18.8 Å². The van der Waals surface area contributed by atoms with E-state index in [0.717, 1.165) is 5.69 Å². The van der Waals surface area contributed by atoms with E-state index in [0.29, 0.717) is 17.1 Å². The summed E-state index contributed by atoms with van der Waals surface area (Å²) in [7, 11) is 0. The minimum Gasteiger partial charge on any atom is -0.406 e. The minimum atomic E-state index is -4.71. The van der Waals surface area contributed by atoms with Crippen LogP contribution in [0.25, 0.3) is 5.69 Å². The van der Waals surface area contributed by atoms with E-state index in [9.17, 15) is 13.2 Å². The molecule has 0 spiro atoms. The highest BCUT2D eigenvalue weighted by molar-refractivity contribution is 5.41. The van der Waals surface area contributed by atoms with Gasteiger partial charge < -0.3 is 4.74 Å². The molecule has 0 bridgehead atoms. The molecule has 25 heavy (non-hydrogen) atoms. The van der Waals surface area contributed by atoms with Gasteiger partial charge in [0.15, 0.2) is 0 Å². The molecular weight excluding hydrogens is 331 g/mol. The van der Waals surface area contributed by atoms with E-state index in [2.05, 4.69) is 26.7 Å². The average molecular weight is 343 g/mol. The zero-order valence-corrected chi connectivity index (χ0v) is 13.1. The van der Waals surface area contributed by atoms with Crippen LogP contribution < -0.4 is 4.74 Å². The number of halogens is 3. The summed E-state index contributed by atoms with van der Waals surface area (Å²) in [6.45, 7) is 1.83. The van der Waals surface area contributed by atoms with E-state index in [1.807, 2.05) is 13.0 Å². The fourth-order valence-corrected chi connectivity index (χ4v) is 2.15. The number of hydrogen-bond donors (Lipinski definition) is 0. The molecule has 2 heterocycles. The summed E-state index contributed by atoms with van der Waals surface area (Å²) in [6, 6.07) is 12.7. The van der Waals surface area contributed by atoms with Crippen LogP contribution in [0.15, 0.2) is 54.7 Å². The molecule has 2 aromatic heterocycles. The molecule has 0 N–H and O–H groups in total. The summed E-state index contributed by atoms with van der Waals surface area (Å²) in [6.07, 6.45) is -3.06. The predicted octanol–water partition coefficient (Wildman–Crippen LogP) is 3.87. The average Bonchev–Trinajstić information content (AvgIpc) is 2.94. The van der Waals surface area contributed by atoms with Gasteiger partial charge in [0, 0.05) is 11.9 Å². The van der Waals surface area contributed by atoms with E-state index >= 15 is 0 Å². The second kappa shape index (κ2) is 6.69. The zero-order valence-electron chi connectivity index (χ0n) is 13.1. The molecule has 0 radical (unpaired) electrons. The first kappa shape index (κ1) is 16.6. The van der Waals surface area contributed by atoms with Crippen molar-refractivity contribution in [2.75, 3.05) is 0 Å². The van der Waals surface area contributed by atoms with Gasteiger partial charge in [0.05, 0.1) is 5.69 Å². The van der Waals surface area contributed by atoms with Gasteiger partial charge in [-0.25, -0.2) is 9.67 Å². The summed E-state index contributed by atoms with van der Waals surface area (Å²) in [5.41, 5.74) is 2.58. The molecule has 0 aliphatic rings. The molecule has 0 unspecified atom stereocenters. The number of hydrogen-bond acceptors (Lipinski definition) is 3. The monoisotopic (exact) mass is 343 g/mol. The summed E-state index contributed by atoms with van der Waals surface area (Å²) in [5, 5.41) is 4.35. The SMILES string of the molecule is Cc1cc(C#Cc2ccccn2)nn1-c1ccc(OC(F)(F)F)cc1. The van der Waals surface area contributed by atoms with Crippen molar-refractivity contribution in [3.8, 4) is 23.3 Å². The molecule has 0 amide bonds. The third-order valence-electron chi connectivity index (χ3n) is 3.19. The van der Waals surface area contributed by atoms with Crippen LogP contribution in [0.3, 0.4) is 0 Å². The van der Waals surface area contributed by atoms with E-state index in [4.69, 9.17) is 0 Å². The van der Waals surface area contributed by atoms with Crippen LogP contribution in [-0.2, 0) is 0 Å². The maximum absolute atomic E-state index is 12.2. The van der Waals surface area contributed by atoms with Crippen molar-refractivity contribution in [1.82, 2.24) is 14.8 Å². The second-order valence-corrected chi connectivity index (χ2v) is 5.09. The van der Waals surface area contributed by atoms with Crippen molar-refractivity contribution >= 4 is 0 Å². The molecule has 3 aromatic rings. The molecule has 4 nitrogen and oxygen atoms in total. The molecule has 0 atom stereocenters. The predicted molar refractivity (Wildman–Crippen MR) is 85.2 cm³/mol. The first-order chi connectivity index (χ1) is 11.9. The third kappa shape index (κ3) is 4.38. The Morgan fingerprint density at radius 1 is 1.00 bits per heavy atom. The lowest BCUT2D eigenvalue weighted by molar-refractivity contribution is -0.274. The highest BCUT2D eigenvalue weighted by atomic mass is 19.4. The maximum Gasteiger partial charge on any atom is 0.573 e. The van der Waals surface area contributed by atoms with Gasteiger partial charge in [-0.05, 0) is 61.2 Å². The number of ether oxygens (including phenoxy) is 1. The number of benzene rings is 1. The molecule has 126 valence electrons. The van der Waals surface area contributed by atoms with Gasteiger partial charge in [-0.3, -0.25) is 0 Å². The number of rotatable bonds is 2. The lowest BCUT2D eigenvalue weighted by atomic mass is 10.3. The van der Waals surface area contributed by atoms with Crippen LogP contribution in [0.4, 0.5) is 13.2 Å². The minimum absolute atomic E-state index is 0.281. The second-order valence-electron chi connectivity index (χ2n) is 5.09. The molecule has 0 saturated heterocycles. The van der Waals surface area contributed by atoms with Crippen molar-refractivity contribution in [1.29, 1.82) is 0 Å². The van der Waals surface area contributed by atoms with E-state index in [1.54, 1.807) is 29.1 Å². The van der Waals surface area contributed by atoms with Gasteiger partial charge in [-0.15, -0.1) is 13.2 Å². The molecule has 0 aliphatic carbocycles. The number of pyridine rings is 1. The Labute approximate surface area is 141 Å². The quantitative estimate of drug-likeness (QED) is 0.663. The molecule has 3 rings (SSSR count). The highest BCUT2D eigenvalue weighted by Crippen LogP contribution is 2.24. The molecule has 0 saturated carbocycles. The molecule has 0 aliphatic heterocycles. The van der Waals surface area contributed by atoms with Gasteiger partial charge in [0.1, 0.15) is 17.1 Å². The van der Waals surface area contributed by atoms with E-state index in [1.165, 1.54) is 24.3 Å². The molecule has 0 fully saturated rings. The first-order valence-corrected chi connectivity index (χ1v) is 7.27. The zero-order chi connectivity index (χ0) is 17.9. The van der Waals surface area contributed by atoms with Crippen molar-refractivity contribution in [2.24, 2.45) is 0 Å². The number of aryl methyl sites for hydroxylation is 1. The highest BCUT2D eigenvalue weighted by Gasteiger charge is 2.30. The first-order valence-electron chi connectivity index (χ1n) is 7.27. The number of nitrogens with zero attached hydrogens (tertiary/aromatic N) is 3. The topological polar surface area (TPSA) is 39.9 Å². The van der Waals surface area contributed by atoms with Crippen LogP contribution in [0.2, 0.25) is 0 Å². The van der Waals surface area contributed by atoms with E-state index < -0.39 is 6.36 Å². The lowest BCUT2D eigenvalue weighted by Crippen LogP contribution is -2.17. The van der Waals surface area contributed by atoms with Crippen LogP contribution in [0.5, 0.6) is 5.75 Å². The summed E-state index contributed by atoms with van der Waals surface area (Å²) in [4.78, 5) is 4.11. The normalized spacial score (nSPS) is 10.9. The largest absolute Gasteiger partial charge is 0.573 e. The van der Waals surface area contributed by atoms with Crippen molar-refractivity contribution in [3.63, 3.8) is 0 Å². The standard InChI is InChI=1S/C18H12F3N3O/c1-13-12-15(6-5-14-4-2-3-11-22-14)23-24(13)16-7-9-17(10-8-16)25-18(19,20)21/h2-4,7-12H,1H3. The summed E-state index contributed by atoms with van der Waals surface area (Å²) < 4.78 is 42.0. The fourth-order valence-electron chi connectivity index (χ4n) is 2.15. The Morgan fingerprint density at radius 3 is 2.36 bits per heavy atom. The van der Waals surface area contributed by atoms with Gasteiger partial charge in [-0.1, -0.05) is 6.07 Å². The molecule has 7 heteroatoms. The van der Waals surface area contributed by atoms with Gasteiger partial charge in [0.25, 0.3) is 0 Å². The van der Waals surface area contributed by atoms with Crippen LogP contribution >= 0.6 is 0 Å². The van der Waals surface area contributed by atoms with Crippen molar-refractivity contribution < 1.29 is 17.9 Å². The molecular formula is C18H12F3N3O. The number of alkyl halides is 3. The van der Waals surface area contributed by atoms with Gasteiger partial charge >= 0.3 is 6.36 Å². The van der Waals surface area contributed by atoms with Crippen molar-refractivity contribution in [2.45, 2.75) is 13.3 Å². The Balaban J connectivity index is 1.82. The third-order valence-corrected chi connectivity index (χ3v) is 3.19. The summed E-state index contributed by atoms with van der Waals surface area (Å²) in [5.74, 6) is 5.54. The lowest BCUT2D eigenvalue weighted by Gasteiger charge is -2.09. The van der Waals surface area contributed by atoms with Crippen molar-refractivity contribution in [3.05, 3.63) is 71.8 Å². The number of aromatic nitrogens is 3. The van der Waals surface area contributed by atoms with Crippen LogP contribution in [-0.4, -0.2) is 21.1 Å². The Morgan fingerprint density at radius 2 is 1.72 bits per heavy atom. The summed E-state index contributed by atoms with van der Waals surface area (Å²) >= 11 is 0. The smallest absolute Gasteiger partial charge is 0.406 e. The fraction of sp³-hybridized carbons (Fsp3) is 0.111. The van der Waals surface area contributed by atoms with Gasteiger partial charge in [-0.2, -0.15) is 5.10 Å². The Hall–Kier alpha value is -3.27. The Kier molecular flexibility index (Phi) is 4.44. The van der Waals surface area contributed by atoms with E-state index in [-0.39, 0.29) is 5.75 Å². The molecule has 1 aromatic carbocycles. The Bertz CT molecular complexity index is 920.